The van der Waals surface area contributed by atoms with Crippen LogP contribution in [0.1, 0.15) is 13.8 Å². The second-order valence-electron chi connectivity index (χ2n) is 3.26. The molecule has 1 N–H and O–H groups in total. The third-order valence-electron chi connectivity index (χ3n) is 1.78. The van der Waals surface area contributed by atoms with Gasteiger partial charge in [-0.1, -0.05) is 13.8 Å². The highest BCUT2D eigenvalue weighted by Gasteiger charge is 2.12. The van der Waals surface area contributed by atoms with Gasteiger partial charge in [0, 0.05) is 14.2 Å². The summed E-state index contributed by atoms with van der Waals surface area (Å²) >= 11 is 0. The van der Waals surface area contributed by atoms with Crippen LogP contribution in [0.25, 0.3) is 0 Å². The Morgan fingerprint density at radius 3 is 2.23 bits per heavy atom. The SMILES string of the molecule is COCCONC(COC)C(C)C. The number of hydrogen-bond acceptors (Lipinski definition) is 4. The summed E-state index contributed by atoms with van der Waals surface area (Å²) in [5.41, 5.74) is 2.95. The maximum Gasteiger partial charge on any atom is 0.0916 e. The second-order valence-corrected chi connectivity index (χ2v) is 3.26. The smallest absolute Gasteiger partial charge is 0.0916 e. The fourth-order valence-corrected chi connectivity index (χ4v) is 0.833. The van der Waals surface area contributed by atoms with Crippen LogP contribution in [0, 0.1) is 5.92 Å². The van der Waals surface area contributed by atoms with Gasteiger partial charge in [0.15, 0.2) is 0 Å². The van der Waals surface area contributed by atoms with E-state index in [0.29, 0.717) is 25.7 Å². The molecular formula is C9H21NO3. The molecule has 0 aliphatic heterocycles. The maximum atomic E-state index is 5.20. The zero-order chi connectivity index (χ0) is 10.1. The van der Waals surface area contributed by atoms with Crippen molar-refractivity contribution in [1.82, 2.24) is 5.48 Å². The number of methoxy groups -OCH3 is 2. The molecule has 0 radical (unpaired) electrons. The maximum absolute atomic E-state index is 5.20. The first-order valence-corrected chi connectivity index (χ1v) is 4.57. The van der Waals surface area contributed by atoms with Crippen molar-refractivity contribution in [2.45, 2.75) is 19.9 Å². The van der Waals surface area contributed by atoms with Crippen molar-refractivity contribution in [2.75, 3.05) is 34.0 Å². The van der Waals surface area contributed by atoms with E-state index >= 15 is 0 Å². The Balaban J connectivity index is 3.45. The zero-order valence-corrected chi connectivity index (χ0v) is 9.00. The molecule has 1 unspecified atom stereocenters. The summed E-state index contributed by atoms with van der Waals surface area (Å²) in [5, 5.41) is 0. The number of rotatable bonds is 8. The Hall–Kier alpha value is -0.160. The Kier molecular flexibility index (Phi) is 8.33. The molecule has 0 aromatic carbocycles. The molecule has 0 aliphatic rings. The van der Waals surface area contributed by atoms with Gasteiger partial charge < -0.3 is 9.47 Å². The lowest BCUT2D eigenvalue weighted by Crippen LogP contribution is -2.38. The van der Waals surface area contributed by atoms with Gasteiger partial charge in [0.25, 0.3) is 0 Å². The molecule has 4 nitrogen and oxygen atoms in total. The molecular weight excluding hydrogens is 170 g/mol. The summed E-state index contributed by atoms with van der Waals surface area (Å²) in [7, 11) is 3.34. The molecule has 1 atom stereocenters. The molecule has 13 heavy (non-hydrogen) atoms. The molecule has 0 bridgehead atoms. The molecule has 0 spiro atoms. The second kappa shape index (κ2) is 8.44. The molecule has 0 fully saturated rings. The molecule has 0 amide bonds. The third-order valence-corrected chi connectivity index (χ3v) is 1.78. The Morgan fingerprint density at radius 1 is 1.08 bits per heavy atom. The minimum absolute atomic E-state index is 0.238. The first kappa shape index (κ1) is 12.8. The van der Waals surface area contributed by atoms with Crippen molar-refractivity contribution in [3.8, 4) is 0 Å². The van der Waals surface area contributed by atoms with E-state index in [9.17, 15) is 0 Å². The number of ether oxygens (including phenoxy) is 2. The van der Waals surface area contributed by atoms with Gasteiger partial charge >= 0.3 is 0 Å². The third kappa shape index (κ3) is 6.95. The molecule has 0 aliphatic carbocycles. The molecule has 0 heterocycles. The Labute approximate surface area is 80.5 Å². The van der Waals surface area contributed by atoms with Gasteiger partial charge in [-0.05, 0) is 5.92 Å². The highest BCUT2D eigenvalue weighted by atomic mass is 16.7. The summed E-state index contributed by atoms with van der Waals surface area (Å²) in [6.45, 7) is 6.06. The quantitative estimate of drug-likeness (QED) is 0.455. The van der Waals surface area contributed by atoms with Crippen LogP contribution in [0.3, 0.4) is 0 Å². The molecule has 0 saturated heterocycles. The van der Waals surface area contributed by atoms with Crippen molar-refractivity contribution in [2.24, 2.45) is 5.92 Å². The highest BCUT2D eigenvalue weighted by Crippen LogP contribution is 2.01. The predicted molar refractivity (Wildman–Crippen MR) is 51.5 cm³/mol. The van der Waals surface area contributed by atoms with Crippen LogP contribution in [0.5, 0.6) is 0 Å². The van der Waals surface area contributed by atoms with Crippen molar-refractivity contribution in [3.63, 3.8) is 0 Å². The fraction of sp³-hybridized carbons (Fsp3) is 1.00. The lowest BCUT2D eigenvalue weighted by molar-refractivity contribution is -0.0359. The number of hydroxylamine groups is 1. The van der Waals surface area contributed by atoms with E-state index in [0.717, 1.165) is 0 Å². The van der Waals surface area contributed by atoms with Crippen LogP contribution in [0.15, 0.2) is 0 Å². The van der Waals surface area contributed by atoms with Crippen LogP contribution in [0.4, 0.5) is 0 Å². The van der Waals surface area contributed by atoms with Crippen LogP contribution in [-0.2, 0) is 14.3 Å². The minimum Gasteiger partial charge on any atom is -0.383 e. The van der Waals surface area contributed by atoms with Crippen molar-refractivity contribution in [1.29, 1.82) is 0 Å². The van der Waals surface area contributed by atoms with E-state index in [2.05, 4.69) is 19.3 Å². The minimum atomic E-state index is 0.238. The van der Waals surface area contributed by atoms with Crippen molar-refractivity contribution >= 4 is 0 Å². The van der Waals surface area contributed by atoms with Crippen molar-refractivity contribution in [3.05, 3.63) is 0 Å². The standard InChI is InChI=1S/C9H21NO3/c1-8(2)9(7-12-4)10-13-6-5-11-3/h8-10H,5-7H2,1-4H3. The van der Waals surface area contributed by atoms with E-state index in [1.807, 2.05) is 0 Å². The Bertz CT molecular complexity index is 109. The average molecular weight is 191 g/mol. The largest absolute Gasteiger partial charge is 0.383 e. The van der Waals surface area contributed by atoms with Gasteiger partial charge in [-0.25, -0.2) is 0 Å². The zero-order valence-electron chi connectivity index (χ0n) is 9.00. The summed E-state index contributed by atoms with van der Waals surface area (Å²) in [6, 6.07) is 0.238. The lowest BCUT2D eigenvalue weighted by atomic mass is 10.1. The fourth-order valence-electron chi connectivity index (χ4n) is 0.833. The molecule has 4 heteroatoms. The average Bonchev–Trinajstić information content (AvgIpc) is 2.10. The first-order valence-electron chi connectivity index (χ1n) is 4.57. The molecule has 0 aromatic heterocycles. The van der Waals surface area contributed by atoms with Gasteiger partial charge in [0.1, 0.15) is 0 Å². The van der Waals surface area contributed by atoms with E-state index < -0.39 is 0 Å². The van der Waals surface area contributed by atoms with Crippen LogP contribution in [-0.4, -0.2) is 40.1 Å². The van der Waals surface area contributed by atoms with Crippen LogP contribution < -0.4 is 5.48 Å². The molecule has 0 saturated carbocycles. The van der Waals surface area contributed by atoms with Crippen LogP contribution in [0.2, 0.25) is 0 Å². The van der Waals surface area contributed by atoms with Gasteiger partial charge in [-0.3, -0.25) is 4.84 Å². The monoisotopic (exact) mass is 191 g/mol. The van der Waals surface area contributed by atoms with E-state index in [4.69, 9.17) is 14.3 Å². The van der Waals surface area contributed by atoms with E-state index in [1.165, 1.54) is 0 Å². The predicted octanol–water partition coefficient (Wildman–Crippen LogP) is 0.825. The first-order chi connectivity index (χ1) is 6.22. The lowest BCUT2D eigenvalue weighted by Gasteiger charge is -2.20. The Morgan fingerprint density at radius 2 is 1.77 bits per heavy atom. The number of hydrogen-bond donors (Lipinski definition) is 1. The molecule has 80 valence electrons. The van der Waals surface area contributed by atoms with Crippen molar-refractivity contribution < 1.29 is 14.3 Å². The van der Waals surface area contributed by atoms with Gasteiger partial charge in [-0.2, -0.15) is 5.48 Å². The van der Waals surface area contributed by atoms with Gasteiger partial charge in [-0.15, -0.1) is 0 Å². The highest BCUT2D eigenvalue weighted by molar-refractivity contribution is 4.64. The van der Waals surface area contributed by atoms with Crippen LogP contribution >= 0.6 is 0 Å². The summed E-state index contributed by atoms with van der Waals surface area (Å²) in [6.07, 6.45) is 0. The van der Waals surface area contributed by atoms with Gasteiger partial charge in [0.05, 0.1) is 25.9 Å². The van der Waals surface area contributed by atoms with E-state index in [-0.39, 0.29) is 6.04 Å². The number of nitrogens with one attached hydrogen (secondary N) is 1. The summed E-state index contributed by atoms with van der Waals surface area (Å²) < 4.78 is 9.90. The summed E-state index contributed by atoms with van der Waals surface area (Å²) in [4.78, 5) is 5.20. The van der Waals surface area contributed by atoms with Gasteiger partial charge in [0.2, 0.25) is 0 Å². The normalized spacial score (nSPS) is 13.6. The summed E-state index contributed by atoms with van der Waals surface area (Å²) in [5.74, 6) is 0.488. The molecule has 0 aromatic rings. The van der Waals surface area contributed by atoms with E-state index in [1.54, 1.807) is 14.2 Å². The topological polar surface area (TPSA) is 39.7 Å². The molecule has 0 rings (SSSR count).